The molecular formula is C18H28. The van der Waals surface area contributed by atoms with Crippen LogP contribution in [0.25, 0.3) is 0 Å². The number of hydrogen-bond donors (Lipinski definition) is 0. The molecule has 2 rings (SSSR count). The van der Waals surface area contributed by atoms with E-state index in [1.54, 1.807) is 11.1 Å². The summed E-state index contributed by atoms with van der Waals surface area (Å²) in [6.07, 6.45) is 3.82. The SMILES string of the molecule is CCc1ccc2c(c1)C(C)C(C)CC2C(C)CC. The van der Waals surface area contributed by atoms with Gasteiger partial charge < -0.3 is 0 Å². The molecule has 0 spiro atoms. The van der Waals surface area contributed by atoms with Gasteiger partial charge in [0.05, 0.1) is 0 Å². The van der Waals surface area contributed by atoms with Gasteiger partial charge in [0.1, 0.15) is 0 Å². The van der Waals surface area contributed by atoms with Gasteiger partial charge in [-0.2, -0.15) is 0 Å². The Morgan fingerprint density at radius 2 is 1.89 bits per heavy atom. The van der Waals surface area contributed by atoms with Gasteiger partial charge in [-0.3, -0.25) is 0 Å². The summed E-state index contributed by atoms with van der Waals surface area (Å²) in [6.45, 7) is 11.8. The quantitative estimate of drug-likeness (QED) is 0.656. The molecule has 0 saturated heterocycles. The minimum absolute atomic E-state index is 0.729. The van der Waals surface area contributed by atoms with E-state index in [9.17, 15) is 0 Å². The van der Waals surface area contributed by atoms with Gasteiger partial charge in [-0.05, 0) is 53.2 Å². The average Bonchev–Trinajstić information content (AvgIpc) is 2.41. The first kappa shape index (κ1) is 13.6. The van der Waals surface area contributed by atoms with Crippen molar-refractivity contribution in [2.45, 2.75) is 65.7 Å². The van der Waals surface area contributed by atoms with Crippen molar-refractivity contribution < 1.29 is 0 Å². The number of rotatable bonds is 3. The molecular weight excluding hydrogens is 216 g/mol. The van der Waals surface area contributed by atoms with E-state index in [1.165, 1.54) is 18.4 Å². The first-order valence-electron chi connectivity index (χ1n) is 7.71. The lowest BCUT2D eigenvalue weighted by molar-refractivity contribution is 0.310. The first-order chi connectivity index (χ1) is 8.58. The molecule has 1 aromatic carbocycles. The molecule has 100 valence electrons. The molecule has 0 fully saturated rings. The normalized spacial score (nSPS) is 28.8. The van der Waals surface area contributed by atoms with Crippen molar-refractivity contribution in [1.29, 1.82) is 0 Å². The lowest BCUT2D eigenvalue weighted by Gasteiger charge is -2.38. The van der Waals surface area contributed by atoms with Crippen molar-refractivity contribution in [1.82, 2.24) is 0 Å². The molecule has 0 heterocycles. The molecule has 18 heavy (non-hydrogen) atoms. The molecule has 1 aliphatic carbocycles. The molecule has 0 N–H and O–H groups in total. The zero-order valence-electron chi connectivity index (χ0n) is 12.7. The third-order valence-electron chi connectivity index (χ3n) is 5.26. The highest BCUT2D eigenvalue weighted by molar-refractivity contribution is 5.39. The Labute approximate surface area is 113 Å². The van der Waals surface area contributed by atoms with Crippen molar-refractivity contribution in [3.63, 3.8) is 0 Å². The van der Waals surface area contributed by atoms with E-state index in [0.29, 0.717) is 0 Å². The molecule has 4 atom stereocenters. The molecule has 0 saturated carbocycles. The fourth-order valence-electron chi connectivity index (χ4n) is 3.44. The molecule has 0 radical (unpaired) electrons. The highest BCUT2D eigenvalue weighted by Gasteiger charge is 2.32. The van der Waals surface area contributed by atoms with E-state index < -0.39 is 0 Å². The maximum Gasteiger partial charge on any atom is -0.0131 e. The summed E-state index contributed by atoms with van der Waals surface area (Å²) in [7, 11) is 0. The molecule has 0 bridgehead atoms. The van der Waals surface area contributed by atoms with Crippen molar-refractivity contribution in [3.8, 4) is 0 Å². The van der Waals surface area contributed by atoms with Crippen LogP contribution in [-0.4, -0.2) is 0 Å². The molecule has 4 unspecified atom stereocenters. The van der Waals surface area contributed by atoms with Crippen LogP contribution in [0.4, 0.5) is 0 Å². The molecule has 0 aliphatic heterocycles. The van der Waals surface area contributed by atoms with Crippen LogP contribution in [0.2, 0.25) is 0 Å². The van der Waals surface area contributed by atoms with Crippen LogP contribution < -0.4 is 0 Å². The second-order valence-electron chi connectivity index (χ2n) is 6.31. The third-order valence-corrected chi connectivity index (χ3v) is 5.26. The van der Waals surface area contributed by atoms with Gasteiger partial charge in [0.25, 0.3) is 0 Å². The smallest absolute Gasteiger partial charge is 0.0131 e. The second kappa shape index (κ2) is 5.47. The van der Waals surface area contributed by atoms with Gasteiger partial charge in [0.15, 0.2) is 0 Å². The van der Waals surface area contributed by atoms with E-state index in [-0.39, 0.29) is 0 Å². The van der Waals surface area contributed by atoms with Gasteiger partial charge in [-0.15, -0.1) is 0 Å². The van der Waals surface area contributed by atoms with Crippen LogP contribution in [0.15, 0.2) is 18.2 Å². The van der Waals surface area contributed by atoms with Gasteiger partial charge in [-0.25, -0.2) is 0 Å². The largest absolute Gasteiger partial charge is 0.0651 e. The van der Waals surface area contributed by atoms with Crippen LogP contribution in [0, 0.1) is 11.8 Å². The van der Waals surface area contributed by atoms with Crippen LogP contribution in [0.3, 0.4) is 0 Å². The minimum Gasteiger partial charge on any atom is -0.0651 e. The molecule has 0 amide bonds. The molecule has 0 aromatic heterocycles. The summed E-state index contributed by atoms with van der Waals surface area (Å²) >= 11 is 0. The van der Waals surface area contributed by atoms with E-state index in [2.05, 4.69) is 52.8 Å². The van der Waals surface area contributed by atoms with Crippen LogP contribution in [0.1, 0.15) is 76.0 Å². The Kier molecular flexibility index (Phi) is 4.14. The summed E-state index contributed by atoms with van der Waals surface area (Å²) < 4.78 is 0. The predicted octanol–water partition coefficient (Wildman–Crippen LogP) is 5.52. The molecule has 0 nitrogen and oxygen atoms in total. The Balaban J connectivity index is 2.44. The van der Waals surface area contributed by atoms with Crippen molar-refractivity contribution in [3.05, 3.63) is 34.9 Å². The number of benzene rings is 1. The van der Waals surface area contributed by atoms with Crippen molar-refractivity contribution in [2.24, 2.45) is 11.8 Å². The van der Waals surface area contributed by atoms with Crippen LogP contribution in [0.5, 0.6) is 0 Å². The van der Waals surface area contributed by atoms with Gasteiger partial charge in [0.2, 0.25) is 0 Å². The summed E-state index contributed by atoms with van der Waals surface area (Å²) in [4.78, 5) is 0. The topological polar surface area (TPSA) is 0 Å². The monoisotopic (exact) mass is 244 g/mol. The van der Waals surface area contributed by atoms with Gasteiger partial charge >= 0.3 is 0 Å². The molecule has 0 heteroatoms. The summed E-state index contributed by atoms with van der Waals surface area (Å²) in [5, 5.41) is 0. The maximum absolute atomic E-state index is 2.48. The fourth-order valence-corrected chi connectivity index (χ4v) is 3.44. The van der Waals surface area contributed by atoms with Gasteiger partial charge in [-0.1, -0.05) is 59.2 Å². The number of aryl methyl sites for hydroxylation is 1. The highest BCUT2D eigenvalue weighted by Crippen LogP contribution is 2.46. The Morgan fingerprint density at radius 3 is 2.50 bits per heavy atom. The fraction of sp³-hybridized carbons (Fsp3) is 0.667. The number of fused-ring (bicyclic) bond motifs is 1. The maximum atomic E-state index is 2.48. The molecule has 1 aliphatic rings. The van der Waals surface area contributed by atoms with E-state index >= 15 is 0 Å². The van der Waals surface area contributed by atoms with E-state index in [4.69, 9.17) is 0 Å². The third kappa shape index (κ3) is 2.35. The standard InChI is InChI=1S/C18H28/c1-6-12(3)17-10-13(4)14(5)18-11-15(7-2)8-9-16(17)18/h8-9,11-14,17H,6-7,10H2,1-5H3. The second-order valence-corrected chi connectivity index (χ2v) is 6.31. The predicted molar refractivity (Wildman–Crippen MR) is 80.2 cm³/mol. The zero-order valence-corrected chi connectivity index (χ0v) is 12.7. The highest BCUT2D eigenvalue weighted by atomic mass is 14.4. The van der Waals surface area contributed by atoms with Gasteiger partial charge in [0, 0.05) is 0 Å². The zero-order chi connectivity index (χ0) is 13.3. The first-order valence-corrected chi connectivity index (χ1v) is 7.71. The summed E-state index contributed by atoms with van der Waals surface area (Å²) in [5.41, 5.74) is 4.78. The minimum atomic E-state index is 0.729. The van der Waals surface area contributed by atoms with Crippen LogP contribution in [-0.2, 0) is 6.42 Å². The van der Waals surface area contributed by atoms with Crippen LogP contribution >= 0.6 is 0 Å². The summed E-state index contributed by atoms with van der Waals surface area (Å²) in [5.74, 6) is 3.14. The lowest BCUT2D eigenvalue weighted by Crippen LogP contribution is -2.24. The van der Waals surface area contributed by atoms with E-state index in [0.717, 1.165) is 30.1 Å². The van der Waals surface area contributed by atoms with Crippen molar-refractivity contribution >= 4 is 0 Å². The Bertz CT molecular complexity index is 404. The average molecular weight is 244 g/mol. The Morgan fingerprint density at radius 1 is 1.17 bits per heavy atom. The van der Waals surface area contributed by atoms with E-state index in [1.807, 2.05) is 0 Å². The summed E-state index contributed by atoms with van der Waals surface area (Å²) in [6, 6.07) is 7.25. The lowest BCUT2D eigenvalue weighted by atomic mass is 9.67. The Hall–Kier alpha value is -0.780. The molecule has 1 aromatic rings. The number of hydrogen-bond acceptors (Lipinski definition) is 0. The van der Waals surface area contributed by atoms with Crippen molar-refractivity contribution in [2.75, 3.05) is 0 Å².